The zero-order valence-corrected chi connectivity index (χ0v) is 6.92. The van der Waals surface area contributed by atoms with E-state index in [-0.39, 0.29) is 0 Å². The smallest absolute Gasteiger partial charge is 0.339 e. The largest absolute Gasteiger partial charge is 0.425 e. The molecule has 86 valence electrons. The molecule has 0 aliphatic rings. The maximum absolute atomic E-state index is 12.2. The van der Waals surface area contributed by atoms with Crippen LogP contribution < -0.4 is 0 Å². The summed E-state index contributed by atoms with van der Waals surface area (Å²) in [5, 5.41) is 0. The summed E-state index contributed by atoms with van der Waals surface area (Å²) in [5.74, 6) is -3.50. The van der Waals surface area contributed by atoms with E-state index in [2.05, 4.69) is 4.74 Å². The number of ether oxygens (including phenoxy) is 1. The van der Waals surface area contributed by atoms with Crippen LogP contribution in [0.1, 0.15) is 6.92 Å². The topological polar surface area (TPSA) is 9.23 Å². The molecular formula is C6H7F7O. The summed E-state index contributed by atoms with van der Waals surface area (Å²) >= 11 is 0. The third-order valence-electron chi connectivity index (χ3n) is 1.04. The van der Waals surface area contributed by atoms with Gasteiger partial charge in [0.1, 0.15) is 6.61 Å². The van der Waals surface area contributed by atoms with Crippen LogP contribution in [0.25, 0.3) is 0 Å². The van der Waals surface area contributed by atoms with Crippen molar-refractivity contribution < 1.29 is 35.5 Å². The predicted octanol–water partition coefficient (Wildman–Crippen LogP) is 2.85. The molecule has 0 heterocycles. The summed E-state index contributed by atoms with van der Waals surface area (Å²) in [5.41, 5.74) is 0. The fourth-order valence-corrected chi connectivity index (χ4v) is 0.459. The molecule has 0 aromatic rings. The zero-order chi connectivity index (χ0) is 11.6. The lowest BCUT2D eigenvalue weighted by atomic mass is 10.3. The van der Waals surface area contributed by atoms with Crippen LogP contribution in [0.15, 0.2) is 0 Å². The van der Waals surface area contributed by atoms with Crippen molar-refractivity contribution in [3.8, 4) is 0 Å². The van der Waals surface area contributed by atoms with Gasteiger partial charge in [0, 0.05) is 6.92 Å². The van der Waals surface area contributed by atoms with Crippen LogP contribution in [0, 0.1) is 0 Å². The second-order valence-corrected chi connectivity index (χ2v) is 2.68. The van der Waals surface area contributed by atoms with Gasteiger partial charge in [0.15, 0.2) is 0 Å². The number of hydrogen-bond acceptors (Lipinski definition) is 1. The monoisotopic (exact) mass is 228 g/mol. The summed E-state index contributed by atoms with van der Waals surface area (Å²) < 4.78 is 85.8. The van der Waals surface area contributed by atoms with Crippen LogP contribution in [0.4, 0.5) is 30.7 Å². The molecule has 0 aromatic carbocycles. The number of hydrogen-bond donors (Lipinski definition) is 0. The van der Waals surface area contributed by atoms with Gasteiger partial charge in [0.2, 0.25) is 6.36 Å². The van der Waals surface area contributed by atoms with Crippen molar-refractivity contribution >= 4 is 0 Å². The Hall–Kier alpha value is -0.530. The molecule has 0 N–H and O–H groups in total. The Balaban J connectivity index is 4.03. The molecule has 0 saturated carbocycles. The highest BCUT2D eigenvalue weighted by molar-refractivity contribution is 4.70. The zero-order valence-electron chi connectivity index (χ0n) is 6.92. The first-order valence-electron chi connectivity index (χ1n) is 3.38. The van der Waals surface area contributed by atoms with Gasteiger partial charge in [-0.25, -0.2) is 17.6 Å². The normalized spacial score (nSPS) is 18.0. The SMILES string of the molecule is CC(F)(F)COC(F)C(F)C(F)(F)F. The lowest BCUT2D eigenvalue weighted by Gasteiger charge is -2.18. The Morgan fingerprint density at radius 1 is 1.07 bits per heavy atom. The Morgan fingerprint density at radius 3 is 1.79 bits per heavy atom. The van der Waals surface area contributed by atoms with E-state index in [1.165, 1.54) is 0 Å². The lowest BCUT2D eigenvalue weighted by Crippen LogP contribution is -2.37. The van der Waals surface area contributed by atoms with E-state index in [0.717, 1.165) is 0 Å². The van der Waals surface area contributed by atoms with Gasteiger partial charge < -0.3 is 4.74 Å². The third kappa shape index (κ3) is 5.25. The highest BCUT2D eigenvalue weighted by Gasteiger charge is 2.47. The van der Waals surface area contributed by atoms with Crippen molar-refractivity contribution in [3.63, 3.8) is 0 Å². The molecule has 2 atom stereocenters. The van der Waals surface area contributed by atoms with E-state index in [1.54, 1.807) is 0 Å². The van der Waals surface area contributed by atoms with E-state index in [1.807, 2.05) is 0 Å². The molecule has 0 rings (SSSR count). The van der Waals surface area contributed by atoms with E-state index in [9.17, 15) is 30.7 Å². The minimum Gasteiger partial charge on any atom is -0.339 e. The maximum Gasteiger partial charge on any atom is 0.425 e. The van der Waals surface area contributed by atoms with E-state index in [4.69, 9.17) is 0 Å². The van der Waals surface area contributed by atoms with Gasteiger partial charge in [0.25, 0.3) is 12.1 Å². The second-order valence-electron chi connectivity index (χ2n) is 2.68. The number of rotatable bonds is 4. The molecule has 0 bridgehead atoms. The minimum atomic E-state index is -5.46. The van der Waals surface area contributed by atoms with Crippen molar-refractivity contribution in [1.82, 2.24) is 0 Å². The molecule has 0 aliphatic heterocycles. The molecule has 8 heteroatoms. The average Bonchev–Trinajstić information content (AvgIpc) is 1.95. The van der Waals surface area contributed by atoms with Crippen LogP contribution >= 0.6 is 0 Å². The quantitative estimate of drug-likeness (QED) is 0.672. The predicted molar refractivity (Wildman–Crippen MR) is 32.4 cm³/mol. The van der Waals surface area contributed by atoms with Crippen molar-refractivity contribution in [2.75, 3.05) is 6.61 Å². The molecule has 0 saturated heterocycles. The van der Waals surface area contributed by atoms with Crippen LogP contribution in [0.5, 0.6) is 0 Å². The first-order chi connectivity index (χ1) is 6.04. The second kappa shape index (κ2) is 4.33. The fraction of sp³-hybridized carbons (Fsp3) is 1.00. The molecule has 0 fully saturated rings. The summed E-state index contributed by atoms with van der Waals surface area (Å²) in [6.07, 6.45) is -12.8. The van der Waals surface area contributed by atoms with Crippen molar-refractivity contribution in [2.24, 2.45) is 0 Å². The summed E-state index contributed by atoms with van der Waals surface area (Å²) in [4.78, 5) is 0. The van der Waals surface area contributed by atoms with Gasteiger partial charge in [-0.15, -0.1) is 0 Å². The van der Waals surface area contributed by atoms with Crippen molar-refractivity contribution in [2.45, 2.75) is 31.6 Å². The lowest BCUT2D eigenvalue weighted by molar-refractivity contribution is -0.245. The van der Waals surface area contributed by atoms with Crippen LogP contribution in [-0.4, -0.2) is 31.2 Å². The van der Waals surface area contributed by atoms with Gasteiger partial charge in [-0.05, 0) is 0 Å². The molecule has 14 heavy (non-hydrogen) atoms. The van der Waals surface area contributed by atoms with Crippen LogP contribution in [0.3, 0.4) is 0 Å². The molecule has 0 amide bonds. The highest BCUT2D eigenvalue weighted by atomic mass is 19.4. The fourth-order valence-electron chi connectivity index (χ4n) is 0.459. The van der Waals surface area contributed by atoms with Crippen LogP contribution in [0.2, 0.25) is 0 Å². The first-order valence-corrected chi connectivity index (χ1v) is 3.38. The summed E-state index contributed by atoms with van der Waals surface area (Å²) in [7, 11) is 0. The average molecular weight is 228 g/mol. The molecule has 0 aliphatic carbocycles. The Labute approximate surface area is 74.8 Å². The molecular weight excluding hydrogens is 221 g/mol. The van der Waals surface area contributed by atoms with Gasteiger partial charge in [-0.1, -0.05) is 0 Å². The van der Waals surface area contributed by atoms with E-state index >= 15 is 0 Å². The Bertz CT molecular complexity index is 172. The first kappa shape index (κ1) is 13.5. The van der Waals surface area contributed by atoms with Gasteiger partial charge in [-0.2, -0.15) is 13.2 Å². The molecule has 0 spiro atoms. The Kier molecular flexibility index (Phi) is 4.16. The highest BCUT2D eigenvalue weighted by Crippen LogP contribution is 2.28. The molecule has 1 nitrogen and oxygen atoms in total. The summed E-state index contributed by atoms with van der Waals surface area (Å²) in [6.45, 7) is -1.30. The summed E-state index contributed by atoms with van der Waals surface area (Å²) in [6, 6.07) is 0. The molecule has 0 radical (unpaired) electrons. The standard InChI is InChI=1S/C6H7F7O/c1-5(9,10)2-14-4(8)3(7)6(11,12)13/h3-4H,2H2,1H3. The molecule has 0 aromatic heterocycles. The van der Waals surface area contributed by atoms with Crippen molar-refractivity contribution in [3.05, 3.63) is 0 Å². The maximum atomic E-state index is 12.2. The van der Waals surface area contributed by atoms with Gasteiger partial charge >= 0.3 is 6.18 Å². The number of halogens is 7. The minimum absolute atomic E-state index is 0.306. The van der Waals surface area contributed by atoms with Crippen molar-refractivity contribution in [1.29, 1.82) is 0 Å². The van der Waals surface area contributed by atoms with E-state index < -0.39 is 31.2 Å². The van der Waals surface area contributed by atoms with E-state index in [0.29, 0.717) is 6.92 Å². The van der Waals surface area contributed by atoms with Crippen LogP contribution in [-0.2, 0) is 4.74 Å². The van der Waals surface area contributed by atoms with Gasteiger partial charge in [-0.3, -0.25) is 0 Å². The van der Waals surface area contributed by atoms with Gasteiger partial charge in [0.05, 0.1) is 0 Å². The molecule has 2 unspecified atom stereocenters. The Morgan fingerprint density at radius 2 is 1.50 bits per heavy atom. The third-order valence-corrected chi connectivity index (χ3v) is 1.04. The number of alkyl halides is 7.